The van der Waals surface area contributed by atoms with Crippen LogP contribution in [0.3, 0.4) is 0 Å². The van der Waals surface area contributed by atoms with Crippen molar-refractivity contribution in [3.63, 3.8) is 0 Å². The van der Waals surface area contributed by atoms with Gasteiger partial charge in [0.25, 0.3) is 0 Å². The summed E-state index contributed by atoms with van der Waals surface area (Å²) in [6.45, 7) is 4.52. The van der Waals surface area contributed by atoms with Crippen molar-refractivity contribution in [1.82, 2.24) is 19.6 Å². The number of amides is 1. The van der Waals surface area contributed by atoms with Gasteiger partial charge in [-0.05, 0) is 37.6 Å². The molecular formula is C21H28N4O2. The van der Waals surface area contributed by atoms with E-state index in [9.17, 15) is 9.90 Å². The van der Waals surface area contributed by atoms with Gasteiger partial charge in [-0.25, -0.2) is 0 Å². The largest absolute Gasteiger partial charge is 0.382 e. The molecule has 0 unspecified atom stereocenters. The second kappa shape index (κ2) is 8.23. The molecule has 1 amide bonds. The standard InChI is InChI=1S/C21H28N4O2/c26-20(16-23-10-6-1-2-7-11-23)24-12-13-25-18(15-24)14-19(22-25)21(27)17-8-4-3-5-9-17/h3-5,8-9,14,21,27H,1-2,6-7,10-13,15-16H2/t21-/m0/s1. The van der Waals surface area contributed by atoms with Crippen molar-refractivity contribution in [2.45, 2.75) is 44.9 Å². The van der Waals surface area contributed by atoms with Gasteiger partial charge in [0.2, 0.25) is 5.91 Å². The molecule has 1 saturated heterocycles. The zero-order valence-electron chi connectivity index (χ0n) is 15.8. The van der Waals surface area contributed by atoms with E-state index in [0.29, 0.717) is 31.9 Å². The van der Waals surface area contributed by atoms with Gasteiger partial charge < -0.3 is 10.0 Å². The third-order valence-electron chi connectivity index (χ3n) is 5.62. The molecule has 2 aliphatic heterocycles. The van der Waals surface area contributed by atoms with Crippen molar-refractivity contribution >= 4 is 5.91 Å². The van der Waals surface area contributed by atoms with Crippen molar-refractivity contribution < 1.29 is 9.90 Å². The maximum Gasteiger partial charge on any atom is 0.237 e. The van der Waals surface area contributed by atoms with Crippen LogP contribution in [0.1, 0.15) is 48.7 Å². The van der Waals surface area contributed by atoms with E-state index in [0.717, 1.165) is 24.3 Å². The normalized spacial score (nSPS) is 19.4. The molecule has 1 N–H and O–H groups in total. The molecular weight excluding hydrogens is 340 g/mol. The van der Waals surface area contributed by atoms with E-state index in [1.54, 1.807) is 0 Å². The first-order valence-corrected chi connectivity index (χ1v) is 10.0. The van der Waals surface area contributed by atoms with Gasteiger partial charge in [-0.1, -0.05) is 43.2 Å². The molecule has 27 heavy (non-hydrogen) atoms. The Morgan fingerprint density at radius 3 is 2.52 bits per heavy atom. The summed E-state index contributed by atoms with van der Waals surface area (Å²) >= 11 is 0. The van der Waals surface area contributed by atoms with Crippen LogP contribution in [0.2, 0.25) is 0 Å². The number of likely N-dealkylation sites (tertiary alicyclic amines) is 1. The van der Waals surface area contributed by atoms with Gasteiger partial charge in [-0.2, -0.15) is 5.10 Å². The van der Waals surface area contributed by atoms with Gasteiger partial charge in [-0.3, -0.25) is 14.4 Å². The number of hydrogen-bond acceptors (Lipinski definition) is 4. The lowest BCUT2D eigenvalue weighted by Crippen LogP contribution is -2.44. The fourth-order valence-electron chi connectivity index (χ4n) is 4.03. The van der Waals surface area contributed by atoms with Crippen LogP contribution >= 0.6 is 0 Å². The number of carbonyl (C=O) groups is 1. The molecule has 0 spiro atoms. The van der Waals surface area contributed by atoms with E-state index >= 15 is 0 Å². The average molecular weight is 368 g/mol. The number of fused-ring (bicyclic) bond motifs is 1. The molecule has 0 bridgehead atoms. The minimum absolute atomic E-state index is 0.203. The summed E-state index contributed by atoms with van der Waals surface area (Å²) in [7, 11) is 0. The van der Waals surface area contributed by atoms with Crippen LogP contribution in [0.25, 0.3) is 0 Å². The smallest absolute Gasteiger partial charge is 0.237 e. The predicted octanol–water partition coefficient (Wildman–Crippen LogP) is 2.18. The molecule has 1 aromatic heterocycles. The van der Waals surface area contributed by atoms with Gasteiger partial charge in [0.15, 0.2) is 0 Å². The van der Waals surface area contributed by atoms with Crippen molar-refractivity contribution in [1.29, 1.82) is 0 Å². The third kappa shape index (κ3) is 4.22. The molecule has 1 atom stereocenters. The highest BCUT2D eigenvalue weighted by Gasteiger charge is 2.25. The molecule has 6 heteroatoms. The van der Waals surface area contributed by atoms with E-state index in [1.165, 1.54) is 25.7 Å². The van der Waals surface area contributed by atoms with Gasteiger partial charge in [0.05, 0.1) is 31.0 Å². The van der Waals surface area contributed by atoms with E-state index in [4.69, 9.17) is 0 Å². The summed E-state index contributed by atoms with van der Waals surface area (Å²) in [6.07, 6.45) is 4.22. The number of aliphatic hydroxyl groups excluding tert-OH is 1. The molecule has 4 rings (SSSR count). The third-order valence-corrected chi connectivity index (χ3v) is 5.62. The maximum atomic E-state index is 12.8. The Morgan fingerprint density at radius 2 is 1.78 bits per heavy atom. The van der Waals surface area contributed by atoms with Crippen LogP contribution < -0.4 is 0 Å². The van der Waals surface area contributed by atoms with Crippen molar-refractivity contribution in [2.75, 3.05) is 26.2 Å². The molecule has 0 radical (unpaired) electrons. The summed E-state index contributed by atoms with van der Waals surface area (Å²) in [4.78, 5) is 17.0. The Balaban J connectivity index is 1.41. The van der Waals surface area contributed by atoms with E-state index in [-0.39, 0.29) is 5.91 Å². The topological polar surface area (TPSA) is 61.6 Å². The lowest BCUT2D eigenvalue weighted by atomic mass is 10.1. The number of nitrogens with zero attached hydrogens (tertiary/aromatic N) is 4. The van der Waals surface area contributed by atoms with E-state index < -0.39 is 6.10 Å². The number of rotatable bonds is 4. The zero-order valence-corrected chi connectivity index (χ0v) is 15.8. The molecule has 0 aliphatic carbocycles. The van der Waals surface area contributed by atoms with Gasteiger partial charge >= 0.3 is 0 Å². The Kier molecular flexibility index (Phi) is 5.55. The molecule has 2 aliphatic rings. The molecule has 3 heterocycles. The first-order chi connectivity index (χ1) is 13.2. The quantitative estimate of drug-likeness (QED) is 0.899. The van der Waals surface area contributed by atoms with Crippen LogP contribution in [-0.4, -0.2) is 56.8 Å². The number of aliphatic hydroxyl groups is 1. The van der Waals surface area contributed by atoms with Gasteiger partial charge in [0, 0.05) is 6.54 Å². The number of carbonyl (C=O) groups excluding carboxylic acids is 1. The van der Waals surface area contributed by atoms with Crippen molar-refractivity contribution in [3.05, 3.63) is 53.3 Å². The Morgan fingerprint density at radius 1 is 1.04 bits per heavy atom. The fraction of sp³-hybridized carbons (Fsp3) is 0.524. The second-order valence-electron chi connectivity index (χ2n) is 7.60. The van der Waals surface area contributed by atoms with Gasteiger partial charge in [-0.15, -0.1) is 0 Å². The van der Waals surface area contributed by atoms with E-state index in [1.807, 2.05) is 46.0 Å². The summed E-state index contributed by atoms with van der Waals surface area (Å²) < 4.78 is 1.93. The molecule has 0 saturated carbocycles. The van der Waals surface area contributed by atoms with Crippen LogP contribution in [0.5, 0.6) is 0 Å². The number of benzene rings is 1. The van der Waals surface area contributed by atoms with Crippen LogP contribution in [0.15, 0.2) is 36.4 Å². The second-order valence-corrected chi connectivity index (χ2v) is 7.60. The Labute approximate surface area is 160 Å². The zero-order chi connectivity index (χ0) is 18.6. The first kappa shape index (κ1) is 18.2. The molecule has 1 fully saturated rings. The number of hydrogen-bond donors (Lipinski definition) is 1. The Bertz CT molecular complexity index is 766. The summed E-state index contributed by atoms with van der Waals surface area (Å²) in [5.74, 6) is 0.203. The highest BCUT2D eigenvalue weighted by Crippen LogP contribution is 2.23. The molecule has 144 valence electrons. The first-order valence-electron chi connectivity index (χ1n) is 10.0. The monoisotopic (exact) mass is 368 g/mol. The molecule has 1 aromatic carbocycles. The minimum atomic E-state index is -0.731. The highest BCUT2D eigenvalue weighted by atomic mass is 16.3. The fourth-order valence-corrected chi connectivity index (χ4v) is 4.03. The van der Waals surface area contributed by atoms with Crippen molar-refractivity contribution in [2.24, 2.45) is 0 Å². The summed E-state index contributed by atoms with van der Waals surface area (Å²) in [6, 6.07) is 11.5. The minimum Gasteiger partial charge on any atom is -0.382 e. The molecule has 2 aromatic rings. The highest BCUT2D eigenvalue weighted by molar-refractivity contribution is 5.78. The number of aromatic nitrogens is 2. The lowest BCUT2D eigenvalue weighted by molar-refractivity contribution is -0.133. The Hall–Kier alpha value is -2.18. The summed E-state index contributed by atoms with van der Waals surface area (Å²) in [5.41, 5.74) is 2.48. The average Bonchev–Trinajstić information content (AvgIpc) is 2.97. The summed E-state index contributed by atoms with van der Waals surface area (Å²) in [5, 5.41) is 15.2. The van der Waals surface area contributed by atoms with Crippen molar-refractivity contribution in [3.8, 4) is 0 Å². The van der Waals surface area contributed by atoms with Gasteiger partial charge in [0.1, 0.15) is 6.10 Å². The molecule has 6 nitrogen and oxygen atoms in total. The lowest BCUT2D eigenvalue weighted by Gasteiger charge is -2.30. The van der Waals surface area contributed by atoms with E-state index in [2.05, 4.69) is 10.00 Å². The SMILES string of the molecule is O=C(CN1CCCCCC1)N1CCn2nc([C@@H](O)c3ccccc3)cc2C1. The van der Waals surface area contributed by atoms with Crippen LogP contribution in [-0.2, 0) is 17.9 Å². The maximum absolute atomic E-state index is 12.8. The van der Waals surface area contributed by atoms with Crippen LogP contribution in [0.4, 0.5) is 0 Å². The van der Waals surface area contributed by atoms with Crippen LogP contribution in [0, 0.1) is 0 Å². The predicted molar refractivity (Wildman–Crippen MR) is 103 cm³/mol.